The van der Waals surface area contributed by atoms with Gasteiger partial charge < -0.3 is 11.1 Å². The molecule has 0 spiro atoms. The third kappa shape index (κ3) is 1.75. The van der Waals surface area contributed by atoms with Crippen LogP contribution in [0.2, 0.25) is 0 Å². The van der Waals surface area contributed by atoms with E-state index in [1.165, 1.54) is 19.3 Å². The third-order valence-corrected chi connectivity index (χ3v) is 3.22. The number of nitrogens with zero attached hydrogens (tertiary/aromatic N) is 2. The van der Waals surface area contributed by atoms with Gasteiger partial charge in [-0.15, -0.1) is 0 Å². The van der Waals surface area contributed by atoms with Crippen molar-refractivity contribution in [2.75, 3.05) is 18.4 Å². The van der Waals surface area contributed by atoms with Crippen molar-refractivity contribution < 1.29 is 0 Å². The second-order valence-electron chi connectivity index (χ2n) is 4.31. The molecule has 0 amide bonds. The Morgan fingerprint density at radius 1 is 1.64 bits per heavy atom. The molecule has 0 atom stereocenters. The molecule has 1 aromatic heterocycles. The highest BCUT2D eigenvalue weighted by atomic mass is 15.3. The summed E-state index contributed by atoms with van der Waals surface area (Å²) >= 11 is 0. The van der Waals surface area contributed by atoms with Crippen LogP contribution in [0.3, 0.4) is 0 Å². The zero-order valence-electron chi connectivity index (χ0n) is 8.66. The van der Waals surface area contributed by atoms with Gasteiger partial charge in [0.05, 0.1) is 11.9 Å². The minimum Gasteiger partial charge on any atom is -0.382 e. The maximum atomic E-state index is 5.78. The molecule has 1 aliphatic carbocycles. The van der Waals surface area contributed by atoms with Gasteiger partial charge in [0, 0.05) is 19.8 Å². The monoisotopic (exact) mass is 194 g/mol. The summed E-state index contributed by atoms with van der Waals surface area (Å²) in [5, 5.41) is 7.51. The third-order valence-electron chi connectivity index (χ3n) is 3.22. The Hall–Kier alpha value is -1.03. The van der Waals surface area contributed by atoms with Gasteiger partial charge in [-0.3, -0.25) is 4.68 Å². The van der Waals surface area contributed by atoms with Crippen molar-refractivity contribution in [2.24, 2.45) is 18.2 Å². The van der Waals surface area contributed by atoms with Crippen LogP contribution in [0, 0.1) is 5.41 Å². The van der Waals surface area contributed by atoms with Gasteiger partial charge >= 0.3 is 0 Å². The first-order valence-corrected chi connectivity index (χ1v) is 5.17. The largest absolute Gasteiger partial charge is 0.382 e. The SMILES string of the molecule is Cn1cc(NCC2(CN)CCC2)cn1. The van der Waals surface area contributed by atoms with E-state index in [9.17, 15) is 0 Å². The maximum absolute atomic E-state index is 5.78. The Morgan fingerprint density at radius 2 is 2.43 bits per heavy atom. The molecule has 4 heteroatoms. The molecule has 0 aliphatic heterocycles. The van der Waals surface area contributed by atoms with Crippen LogP contribution in [-0.2, 0) is 7.05 Å². The molecule has 0 unspecified atom stereocenters. The Bertz CT molecular complexity index is 295. The van der Waals surface area contributed by atoms with Crippen molar-refractivity contribution in [1.82, 2.24) is 9.78 Å². The Morgan fingerprint density at radius 3 is 2.86 bits per heavy atom. The van der Waals surface area contributed by atoms with E-state index in [1.54, 1.807) is 4.68 Å². The summed E-state index contributed by atoms with van der Waals surface area (Å²) in [5.41, 5.74) is 7.22. The Kier molecular flexibility index (Phi) is 2.46. The van der Waals surface area contributed by atoms with Gasteiger partial charge in [0.1, 0.15) is 0 Å². The Balaban J connectivity index is 1.87. The number of nitrogens with one attached hydrogen (secondary N) is 1. The fourth-order valence-corrected chi connectivity index (χ4v) is 1.93. The van der Waals surface area contributed by atoms with E-state index in [4.69, 9.17) is 5.73 Å². The average Bonchev–Trinajstić information content (AvgIpc) is 2.50. The zero-order chi connectivity index (χ0) is 10.0. The van der Waals surface area contributed by atoms with Gasteiger partial charge in [0.15, 0.2) is 0 Å². The molecule has 2 rings (SSSR count). The van der Waals surface area contributed by atoms with Crippen molar-refractivity contribution in [2.45, 2.75) is 19.3 Å². The molecule has 1 aliphatic rings. The summed E-state index contributed by atoms with van der Waals surface area (Å²) in [6, 6.07) is 0. The normalized spacial score (nSPS) is 19.0. The van der Waals surface area contributed by atoms with Gasteiger partial charge in [-0.2, -0.15) is 5.10 Å². The van der Waals surface area contributed by atoms with E-state index in [0.29, 0.717) is 5.41 Å². The lowest BCUT2D eigenvalue weighted by Crippen LogP contribution is -2.42. The van der Waals surface area contributed by atoms with Gasteiger partial charge in [0.2, 0.25) is 0 Å². The van der Waals surface area contributed by atoms with Crippen molar-refractivity contribution >= 4 is 5.69 Å². The van der Waals surface area contributed by atoms with Crippen LogP contribution in [0.1, 0.15) is 19.3 Å². The molecule has 0 aromatic carbocycles. The van der Waals surface area contributed by atoms with Gasteiger partial charge in [0.25, 0.3) is 0 Å². The number of aromatic nitrogens is 2. The smallest absolute Gasteiger partial charge is 0.0726 e. The number of anilines is 1. The molecule has 0 radical (unpaired) electrons. The van der Waals surface area contributed by atoms with Crippen molar-refractivity contribution in [1.29, 1.82) is 0 Å². The van der Waals surface area contributed by atoms with Crippen LogP contribution < -0.4 is 11.1 Å². The highest BCUT2D eigenvalue weighted by Gasteiger charge is 2.35. The quantitative estimate of drug-likeness (QED) is 0.750. The van der Waals surface area contributed by atoms with E-state index in [2.05, 4.69) is 10.4 Å². The average molecular weight is 194 g/mol. The molecule has 14 heavy (non-hydrogen) atoms. The number of hydrogen-bond donors (Lipinski definition) is 2. The first-order chi connectivity index (χ1) is 6.74. The van der Waals surface area contributed by atoms with Crippen LogP contribution in [0.25, 0.3) is 0 Å². The lowest BCUT2D eigenvalue weighted by molar-refractivity contribution is 0.163. The summed E-state index contributed by atoms with van der Waals surface area (Å²) in [6.07, 6.45) is 7.69. The summed E-state index contributed by atoms with van der Waals surface area (Å²) in [6.45, 7) is 1.77. The summed E-state index contributed by atoms with van der Waals surface area (Å²) in [7, 11) is 1.92. The highest BCUT2D eigenvalue weighted by Crippen LogP contribution is 2.39. The van der Waals surface area contributed by atoms with Gasteiger partial charge in [-0.05, 0) is 24.8 Å². The molecule has 4 nitrogen and oxygen atoms in total. The summed E-state index contributed by atoms with van der Waals surface area (Å²) in [5.74, 6) is 0. The molecule has 1 aromatic rings. The second kappa shape index (κ2) is 3.61. The number of hydrogen-bond acceptors (Lipinski definition) is 3. The van der Waals surface area contributed by atoms with Crippen molar-refractivity contribution in [3.05, 3.63) is 12.4 Å². The minimum absolute atomic E-state index is 0.357. The van der Waals surface area contributed by atoms with E-state index >= 15 is 0 Å². The van der Waals surface area contributed by atoms with Crippen molar-refractivity contribution in [3.8, 4) is 0 Å². The minimum atomic E-state index is 0.357. The van der Waals surface area contributed by atoms with E-state index in [-0.39, 0.29) is 0 Å². The lowest BCUT2D eigenvalue weighted by Gasteiger charge is -2.41. The molecule has 0 bridgehead atoms. The molecule has 3 N–H and O–H groups in total. The van der Waals surface area contributed by atoms with E-state index in [1.807, 2.05) is 19.4 Å². The van der Waals surface area contributed by atoms with E-state index in [0.717, 1.165) is 18.8 Å². The zero-order valence-corrected chi connectivity index (χ0v) is 8.66. The highest BCUT2D eigenvalue weighted by molar-refractivity contribution is 5.38. The van der Waals surface area contributed by atoms with Gasteiger partial charge in [-0.25, -0.2) is 0 Å². The fourth-order valence-electron chi connectivity index (χ4n) is 1.93. The summed E-state index contributed by atoms with van der Waals surface area (Å²) < 4.78 is 1.80. The van der Waals surface area contributed by atoms with E-state index < -0.39 is 0 Å². The lowest BCUT2D eigenvalue weighted by atomic mass is 9.69. The standard InChI is InChI=1S/C10H18N4/c1-14-6-9(5-13-14)12-8-10(7-11)3-2-4-10/h5-6,12H,2-4,7-8,11H2,1H3. The first kappa shape index (κ1) is 9.52. The van der Waals surface area contributed by atoms with Gasteiger partial charge in [-0.1, -0.05) is 6.42 Å². The molecule has 1 fully saturated rings. The topological polar surface area (TPSA) is 55.9 Å². The fraction of sp³-hybridized carbons (Fsp3) is 0.700. The first-order valence-electron chi connectivity index (χ1n) is 5.17. The predicted octanol–water partition coefficient (Wildman–Crippen LogP) is 0.961. The molecule has 0 saturated heterocycles. The number of rotatable bonds is 4. The number of nitrogens with two attached hydrogens (primary N) is 1. The van der Waals surface area contributed by atoms with Crippen molar-refractivity contribution in [3.63, 3.8) is 0 Å². The molecular weight excluding hydrogens is 176 g/mol. The van der Waals surface area contributed by atoms with Crippen LogP contribution in [0.4, 0.5) is 5.69 Å². The molecular formula is C10H18N4. The Labute approximate surface area is 84.5 Å². The maximum Gasteiger partial charge on any atom is 0.0726 e. The predicted molar refractivity (Wildman–Crippen MR) is 57.0 cm³/mol. The van der Waals surface area contributed by atoms with Crippen LogP contribution in [0.15, 0.2) is 12.4 Å². The molecule has 78 valence electrons. The second-order valence-corrected chi connectivity index (χ2v) is 4.31. The van der Waals surface area contributed by atoms with Crippen LogP contribution >= 0.6 is 0 Å². The number of aryl methyl sites for hydroxylation is 1. The van der Waals surface area contributed by atoms with Crippen LogP contribution in [-0.4, -0.2) is 22.9 Å². The molecule has 1 saturated carbocycles. The van der Waals surface area contributed by atoms with Crippen LogP contribution in [0.5, 0.6) is 0 Å². The summed E-state index contributed by atoms with van der Waals surface area (Å²) in [4.78, 5) is 0. The molecule has 1 heterocycles.